The summed E-state index contributed by atoms with van der Waals surface area (Å²) in [7, 11) is 0. The molecule has 1 amide bonds. The van der Waals surface area contributed by atoms with Crippen LogP contribution in [0.3, 0.4) is 0 Å². The van der Waals surface area contributed by atoms with Crippen molar-refractivity contribution in [1.29, 1.82) is 0 Å². The van der Waals surface area contributed by atoms with Crippen molar-refractivity contribution in [2.75, 3.05) is 0 Å². The largest absolute Gasteiger partial charge is 0.287 e. The molecule has 2 nitrogen and oxygen atoms in total. The van der Waals surface area contributed by atoms with E-state index in [4.69, 9.17) is 0 Å². The molecule has 1 aromatic rings. The van der Waals surface area contributed by atoms with Crippen LogP contribution in [-0.4, -0.2) is 11.1 Å². The minimum absolute atomic E-state index is 0.400. The summed E-state index contributed by atoms with van der Waals surface area (Å²) in [5.41, 5.74) is 0.465. The Morgan fingerprint density at radius 1 is 1.46 bits per heavy atom. The van der Waals surface area contributed by atoms with Crippen LogP contribution in [0.4, 0.5) is 0 Å². The standard InChI is InChI=1S/C8H3Br2NOS/c9-5-1-2-7(10)6(3-5)8(12)11-4-13/h1-3H. The SMILES string of the molecule is O=C(N=C=S)c1cc(Br)ccc1Br. The molecule has 0 atom stereocenters. The van der Waals surface area contributed by atoms with Crippen molar-refractivity contribution in [3.8, 4) is 0 Å². The van der Waals surface area contributed by atoms with Crippen molar-refractivity contribution >= 4 is 55.1 Å². The van der Waals surface area contributed by atoms with Crippen LogP contribution in [0.5, 0.6) is 0 Å². The molecular weight excluding hydrogens is 318 g/mol. The Kier molecular flexibility index (Phi) is 3.93. The summed E-state index contributed by atoms with van der Waals surface area (Å²) in [4.78, 5) is 14.6. The van der Waals surface area contributed by atoms with Crippen molar-refractivity contribution in [2.24, 2.45) is 4.99 Å². The molecule has 0 aliphatic carbocycles. The van der Waals surface area contributed by atoms with Gasteiger partial charge in [0, 0.05) is 8.95 Å². The molecule has 0 bridgehead atoms. The molecule has 0 aliphatic heterocycles. The number of hydrogen-bond acceptors (Lipinski definition) is 2. The molecule has 0 saturated heterocycles. The van der Waals surface area contributed by atoms with Gasteiger partial charge in [-0.15, -0.1) is 0 Å². The van der Waals surface area contributed by atoms with E-state index in [0.717, 1.165) is 4.47 Å². The maximum absolute atomic E-state index is 11.3. The Bertz CT molecular complexity index is 399. The monoisotopic (exact) mass is 319 g/mol. The summed E-state index contributed by atoms with van der Waals surface area (Å²) in [6.45, 7) is 0. The zero-order valence-electron chi connectivity index (χ0n) is 6.25. The highest BCUT2D eigenvalue weighted by molar-refractivity contribution is 9.11. The van der Waals surface area contributed by atoms with Crippen LogP contribution in [0.15, 0.2) is 32.1 Å². The van der Waals surface area contributed by atoms with Gasteiger partial charge < -0.3 is 0 Å². The number of nitrogens with zero attached hydrogens (tertiary/aromatic N) is 1. The number of carbonyl (C=O) groups excluding carboxylic acids is 1. The lowest BCUT2D eigenvalue weighted by Gasteiger charge is -1.98. The Labute approximate surface area is 97.3 Å². The van der Waals surface area contributed by atoms with Crippen LogP contribution in [-0.2, 0) is 0 Å². The van der Waals surface area contributed by atoms with Gasteiger partial charge in [-0.25, -0.2) is 0 Å². The summed E-state index contributed by atoms with van der Waals surface area (Å²) in [6.07, 6.45) is 0. The molecule has 1 aromatic carbocycles. The fourth-order valence-corrected chi connectivity index (χ4v) is 1.62. The van der Waals surface area contributed by atoms with Crippen LogP contribution in [0.25, 0.3) is 0 Å². The van der Waals surface area contributed by atoms with Crippen LogP contribution in [0.1, 0.15) is 10.4 Å². The maximum Gasteiger partial charge on any atom is 0.287 e. The van der Waals surface area contributed by atoms with Gasteiger partial charge in [0.2, 0.25) is 0 Å². The zero-order valence-corrected chi connectivity index (χ0v) is 10.2. The second kappa shape index (κ2) is 4.77. The van der Waals surface area contributed by atoms with Crippen LogP contribution < -0.4 is 0 Å². The molecule has 0 aliphatic rings. The number of hydrogen-bond donors (Lipinski definition) is 0. The van der Waals surface area contributed by atoms with Gasteiger partial charge in [0.1, 0.15) is 0 Å². The number of thiocarbonyl (C=S) groups is 1. The van der Waals surface area contributed by atoms with Gasteiger partial charge in [-0.05, 0) is 46.3 Å². The van der Waals surface area contributed by atoms with Crippen molar-refractivity contribution in [1.82, 2.24) is 0 Å². The second-order valence-corrected chi connectivity index (χ2v) is 4.08. The Hall–Kier alpha value is -0.350. The molecule has 1 rings (SSSR count). The van der Waals surface area contributed by atoms with Gasteiger partial charge in [-0.1, -0.05) is 15.9 Å². The molecule has 13 heavy (non-hydrogen) atoms. The smallest absolute Gasteiger partial charge is 0.266 e. The van der Waals surface area contributed by atoms with Crippen molar-refractivity contribution in [3.63, 3.8) is 0 Å². The van der Waals surface area contributed by atoms with Gasteiger partial charge in [-0.2, -0.15) is 4.99 Å². The molecule has 66 valence electrons. The Morgan fingerprint density at radius 3 is 2.77 bits per heavy atom. The summed E-state index contributed by atoms with van der Waals surface area (Å²) in [5.74, 6) is -0.400. The third-order valence-electron chi connectivity index (χ3n) is 1.31. The fraction of sp³-hybridized carbons (Fsp3) is 0. The zero-order chi connectivity index (χ0) is 9.84. The molecule has 0 heterocycles. The van der Waals surface area contributed by atoms with E-state index in [1.807, 2.05) is 11.2 Å². The summed E-state index contributed by atoms with van der Waals surface area (Å²) in [6, 6.07) is 5.25. The lowest BCUT2D eigenvalue weighted by molar-refractivity contribution is 0.100. The first-order valence-corrected chi connectivity index (χ1v) is 5.22. The van der Waals surface area contributed by atoms with Crippen molar-refractivity contribution in [2.45, 2.75) is 0 Å². The van der Waals surface area contributed by atoms with Crippen LogP contribution >= 0.6 is 44.1 Å². The van der Waals surface area contributed by atoms with Gasteiger partial charge >= 0.3 is 0 Å². The van der Waals surface area contributed by atoms with E-state index in [-0.39, 0.29) is 0 Å². The number of aliphatic imine (C=N–C) groups is 1. The predicted molar refractivity (Wildman–Crippen MR) is 61.2 cm³/mol. The van der Waals surface area contributed by atoms with E-state index in [1.54, 1.807) is 12.1 Å². The van der Waals surface area contributed by atoms with Crippen molar-refractivity contribution in [3.05, 3.63) is 32.7 Å². The third kappa shape index (κ3) is 2.81. The first-order valence-electron chi connectivity index (χ1n) is 3.22. The molecule has 0 spiro atoms. The van der Waals surface area contributed by atoms with Gasteiger partial charge in [0.25, 0.3) is 5.91 Å². The van der Waals surface area contributed by atoms with E-state index in [1.165, 1.54) is 0 Å². The van der Waals surface area contributed by atoms with E-state index in [9.17, 15) is 4.79 Å². The molecule has 0 fully saturated rings. The summed E-state index contributed by atoms with van der Waals surface area (Å²) >= 11 is 10.8. The Balaban J connectivity index is 3.20. The molecular formula is C8H3Br2NOS. The molecule has 0 radical (unpaired) electrons. The summed E-state index contributed by atoms with van der Waals surface area (Å²) in [5, 5.41) is 2.04. The molecule has 0 saturated carbocycles. The second-order valence-electron chi connectivity index (χ2n) is 2.13. The van der Waals surface area contributed by atoms with Gasteiger partial charge in [-0.3, -0.25) is 4.79 Å². The number of rotatable bonds is 1. The van der Waals surface area contributed by atoms with Crippen LogP contribution in [0.2, 0.25) is 0 Å². The third-order valence-corrected chi connectivity index (χ3v) is 2.58. The van der Waals surface area contributed by atoms with Crippen molar-refractivity contribution < 1.29 is 4.79 Å². The average Bonchev–Trinajstić information content (AvgIpc) is 2.09. The molecule has 0 aromatic heterocycles. The van der Waals surface area contributed by atoms with E-state index >= 15 is 0 Å². The molecule has 0 N–H and O–H groups in total. The highest BCUT2D eigenvalue weighted by atomic mass is 79.9. The van der Waals surface area contributed by atoms with Gasteiger partial charge in [0.05, 0.1) is 10.7 Å². The topological polar surface area (TPSA) is 29.4 Å². The summed E-state index contributed by atoms with van der Waals surface area (Å²) < 4.78 is 1.51. The number of benzene rings is 1. The Morgan fingerprint density at radius 2 is 2.15 bits per heavy atom. The normalized spacial score (nSPS) is 9.08. The average molecular weight is 321 g/mol. The molecule has 5 heteroatoms. The minimum Gasteiger partial charge on any atom is -0.266 e. The minimum atomic E-state index is -0.400. The van der Waals surface area contributed by atoms with Crippen LogP contribution in [0, 0.1) is 0 Å². The quantitative estimate of drug-likeness (QED) is 0.586. The lowest BCUT2D eigenvalue weighted by Crippen LogP contribution is -1.95. The van der Waals surface area contributed by atoms with Gasteiger partial charge in [0.15, 0.2) is 0 Å². The number of halogens is 2. The lowest BCUT2D eigenvalue weighted by atomic mass is 10.2. The highest BCUT2D eigenvalue weighted by Gasteiger charge is 2.08. The number of carbonyl (C=O) groups is 1. The predicted octanol–water partition coefficient (Wildman–Crippen LogP) is 3.45. The number of amides is 1. The highest BCUT2D eigenvalue weighted by Crippen LogP contribution is 2.21. The molecule has 0 unspecified atom stereocenters. The first-order chi connectivity index (χ1) is 6.15. The first kappa shape index (κ1) is 10.7. The maximum atomic E-state index is 11.3. The van der Waals surface area contributed by atoms with E-state index in [0.29, 0.717) is 10.0 Å². The number of isothiocyanates is 1. The van der Waals surface area contributed by atoms with E-state index in [2.05, 4.69) is 49.1 Å². The van der Waals surface area contributed by atoms with E-state index < -0.39 is 5.91 Å². The fourth-order valence-electron chi connectivity index (χ4n) is 0.763.